The van der Waals surface area contributed by atoms with Crippen molar-refractivity contribution in [2.75, 3.05) is 6.54 Å². The minimum Gasteiger partial charge on any atom is -0.282 e. The van der Waals surface area contributed by atoms with E-state index >= 15 is 0 Å². The summed E-state index contributed by atoms with van der Waals surface area (Å²) in [5.74, 6) is 0.246. The molecule has 23 heavy (non-hydrogen) atoms. The molecule has 1 unspecified atom stereocenters. The van der Waals surface area contributed by atoms with Gasteiger partial charge in [0.25, 0.3) is 0 Å². The number of aromatic nitrogens is 2. The fourth-order valence-corrected chi connectivity index (χ4v) is 6.04. The highest BCUT2D eigenvalue weighted by Crippen LogP contribution is 2.36. The van der Waals surface area contributed by atoms with Crippen LogP contribution in [-0.2, 0) is 10.0 Å². The third-order valence-electron chi connectivity index (χ3n) is 4.05. The van der Waals surface area contributed by atoms with E-state index < -0.39 is 10.0 Å². The van der Waals surface area contributed by atoms with Crippen LogP contribution >= 0.6 is 11.3 Å². The van der Waals surface area contributed by atoms with Crippen molar-refractivity contribution in [3.05, 3.63) is 34.9 Å². The van der Waals surface area contributed by atoms with Gasteiger partial charge in [-0.15, -0.1) is 11.3 Å². The van der Waals surface area contributed by atoms with Crippen LogP contribution in [-0.4, -0.2) is 35.5 Å². The molecule has 1 atom stereocenters. The van der Waals surface area contributed by atoms with Gasteiger partial charge in [-0.05, 0) is 31.9 Å². The molecule has 0 aliphatic carbocycles. The van der Waals surface area contributed by atoms with Crippen LogP contribution in [0.5, 0.6) is 0 Å². The lowest BCUT2D eigenvalue weighted by Gasteiger charge is -2.26. The Balaban J connectivity index is 1.99. The molecule has 2 aromatic rings. The van der Waals surface area contributed by atoms with Gasteiger partial charge in [-0.3, -0.25) is 5.10 Å². The topological polar surface area (TPSA) is 66.1 Å². The lowest BCUT2D eigenvalue weighted by atomic mass is 10.1. The first-order valence-electron chi connectivity index (χ1n) is 7.62. The molecule has 0 fully saturated rings. The van der Waals surface area contributed by atoms with E-state index in [9.17, 15) is 8.42 Å². The molecule has 5 nitrogen and oxygen atoms in total. The van der Waals surface area contributed by atoms with Gasteiger partial charge in [0.1, 0.15) is 5.69 Å². The average Bonchev–Trinajstić information content (AvgIpc) is 3.16. The zero-order valence-corrected chi connectivity index (χ0v) is 15.3. The molecule has 0 saturated carbocycles. The Morgan fingerprint density at radius 1 is 1.35 bits per heavy atom. The normalized spacial score (nSPS) is 19.1. The van der Waals surface area contributed by atoms with Crippen LogP contribution in [0, 0.1) is 19.8 Å². The Bertz CT molecular complexity index is 847. The lowest BCUT2D eigenvalue weighted by Crippen LogP contribution is -2.39. The SMILES string of the molecule is Cc1cc(-c2cc(S(=O)(=O)N3CC=CC3C(C)C)c(C)s2)n[nH]1. The van der Waals surface area contributed by atoms with Crippen molar-refractivity contribution in [2.24, 2.45) is 5.92 Å². The number of sulfonamides is 1. The van der Waals surface area contributed by atoms with E-state index in [0.29, 0.717) is 11.4 Å². The van der Waals surface area contributed by atoms with Crippen LogP contribution in [0.15, 0.2) is 29.2 Å². The Morgan fingerprint density at radius 3 is 2.70 bits per heavy atom. The standard InChI is InChI=1S/C16H21N3O2S2/c1-10(2)14-6-5-7-19(14)23(20,21)16-9-15(22-12(16)4)13-8-11(3)17-18-13/h5-6,8-10,14H,7H2,1-4H3,(H,17,18). The van der Waals surface area contributed by atoms with Gasteiger partial charge in [-0.2, -0.15) is 9.40 Å². The number of nitrogens with one attached hydrogen (secondary N) is 1. The van der Waals surface area contributed by atoms with Crippen molar-refractivity contribution >= 4 is 21.4 Å². The molecule has 0 radical (unpaired) electrons. The maximum atomic E-state index is 13.1. The zero-order valence-electron chi connectivity index (χ0n) is 13.7. The molecule has 0 aromatic carbocycles. The van der Waals surface area contributed by atoms with E-state index in [0.717, 1.165) is 21.1 Å². The Kier molecular flexibility index (Phi) is 4.20. The molecule has 124 valence electrons. The quantitative estimate of drug-likeness (QED) is 0.859. The molecule has 7 heteroatoms. The van der Waals surface area contributed by atoms with Crippen molar-refractivity contribution in [1.29, 1.82) is 0 Å². The fourth-order valence-electron chi connectivity index (χ4n) is 2.85. The van der Waals surface area contributed by atoms with E-state index in [-0.39, 0.29) is 12.0 Å². The van der Waals surface area contributed by atoms with E-state index in [2.05, 4.69) is 10.2 Å². The molecule has 1 aliphatic rings. The molecule has 0 spiro atoms. The van der Waals surface area contributed by atoms with E-state index in [1.165, 1.54) is 11.3 Å². The van der Waals surface area contributed by atoms with Gasteiger partial charge in [0, 0.05) is 23.2 Å². The van der Waals surface area contributed by atoms with Crippen molar-refractivity contribution in [1.82, 2.24) is 14.5 Å². The number of aryl methyl sites for hydroxylation is 2. The second-order valence-electron chi connectivity index (χ2n) is 6.20. The molecule has 0 saturated heterocycles. The summed E-state index contributed by atoms with van der Waals surface area (Å²) in [5.41, 5.74) is 1.75. The van der Waals surface area contributed by atoms with Gasteiger partial charge in [0.05, 0.1) is 9.77 Å². The molecule has 1 N–H and O–H groups in total. The molecule has 1 aliphatic heterocycles. The Labute approximate surface area is 141 Å². The van der Waals surface area contributed by atoms with Gasteiger partial charge in [0.2, 0.25) is 10.0 Å². The molecule has 3 rings (SSSR count). The second-order valence-corrected chi connectivity index (χ2v) is 9.32. The first kappa shape index (κ1) is 16.4. The molecule has 0 bridgehead atoms. The predicted octanol–water partition coefficient (Wildman–Crippen LogP) is 3.34. The maximum Gasteiger partial charge on any atom is 0.245 e. The monoisotopic (exact) mass is 351 g/mol. The van der Waals surface area contributed by atoms with Gasteiger partial charge in [-0.1, -0.05) is 26.0 Å². The summed E-state index contributed by atoms with van der Waals surface area (Å²) in [7, 11) is -3.50. The Morgan fingerprint density at radius 2 is 2.09 bits per heavy atom. The third-order valence-corrected chi connectivity index (χ3v) is 7.24. The number of nitrogens with zero attached hydrogens (tertiary/aromatic N) is 2. The summed E-state index contributed by atoms with van der Waals surface area (Å²) < 4.78 is 27.8. The Hall–Kier alpha value is -1.44. The summed E-state index contributed by atoms with van der Waals surface area (Å²) in [6.07, 6.45) is 3.92. The minimum absolute atomic E-state index is 0.0737. The van der Waals surface area contributed by atoms with E-state index in [4.69, 9.17) is 0 Å². The number of hydrogen-bond donors (Lipinski definition) is 1. The van der Waals surface area contributed by atoms with Gasteiger partial charge in [0.15, 0.2) is 0 Å². The first-order valence-corrected chi connectivity index (χ1v) is 9.87. The van der Waals surface area contributed by atoms with Crippen LogP contribution in [0.2, 0.25) is 0 Å². The van der Waals surface area contributed by atoms with Crippen LogP contribution in [0.25, 0.3) is 10.6 Å². The van der Waals surface area contributed by atoms with Crippen molar-refractivity contribution in [3.63, 3.8) is 0 Å². The summed E-state index contributed by atoms with van der Waals surface area (Å²) in [6, 6.07) is 3.60. The fraction of sp³-hybridized carbons (Fsp3) is 0.438. The van der Waals surface area contributed by atoms with Gasteiger partial charge < -0.3 is 0 Å². The lowest BCUT2D eigenvalue weighted by molar-refractivity contribution is 0.343. The first-order chi connectivity index (χ1) is 10.8. The van der Waals surface area contributed by atoms with Crippen LogP contribution < -0.4 is 0 Å². The highest BCUT2D eigenvalue weighted by molar-refractivity contribution is 7.89. The number of thiophene rings is 1. The van der Waals surface area contributed by atoms with Crippen molar-refractivity contribution in [3.8, 4) is 10.6 Å². The number of rotatable bonds is 4. The highest BCUT2D eigenvalue weighted by Gasteiger charge is 2.35. The van der Waals surface area contributed by atoms with Crippen LogP contribution in [0.3, 0.4) is 0 Å². The molecule has 2 aromatic heterocycles. The van der Waals surface area contributed by atoms with Crippen LogP contribution in [0.1, 0.15) is 24.4 Å². The maximum absolute atomic E-state index is 13.1. The van der Waals surface area contributed by atoms with Crippen molar-refractivity contribution in [2.45, 2.75) is 38.6 Å². The highest BCUT2D eigenvalue weighted by atomic mass is 32.2. The van der Waals surface area contributed by atoms with Gasteiger partial charge in [-0.25, -0.2) is 8.42 Å². The number of hydrogen-bond acceptors (Lipinski definition) is 4. The minimum atomic E-state index is -3.50. The largest absolute Gasteiger partial charge is 0.282 e. The number of H-pyrrole nitrogens is 1. The summed E-state index contributed by atoms with van der Waals surface area (Å²) in [6.45, 7) is 8.31. The third kappa shape index (κ3) is 2.88. The van der Waals surface area contributed by atoms with E-state index in [1.54, 1.807) is 10.4 Å². The zero-order chi connectivity index (χ0) is 16.8. The van der Waals surface area contributed by atoms with Crippen LogP contribution in [0.4, 0.5) is 0 Å². The second kappa shape index (κ2) is 5.89. The van der Waals surface area contributed by atoms with E-state index in [1.807, 2.05) is 45.9 Å². The average molecular weight is 351 g/mol. The summed E-state index contributed by atoms with van der Waals surface area (Å²) >= 11 is 1.47. The summed E-state index contributed by atoms with van der Waals surface area (Å²) in [5, 5.41) is 7.13. The predicted molar refractivity (Wildman–Crippen MR) is 93.0 cm³/mol. The molecular weight excluding hydrogens is 330 g/mol. The van der Waals surface area contributed by atoms with Gasteiger partial charge >= 0.3 is 0 Å². The summed E-state index contributed by atoms with van der Waals surface area (Å²) in [4.78, 5) is 2.07. The molecule has 3 heterocycles. The molecule has 0 amide bonds. The van der Waals surface area contributed by atoms with Crippen molar-refractivity contribution < 1.29 is 8.42 Å². The number of aromatic amines is 1. The molecular formula is C16H21N3O2S2. The smallest absolute Gasteiger partial charge is 0.245 e.